The fraction of sp³-hybridized carbons (Fsp3) is 0.632. The van der Waals surface area contributed by atoms with Crippen molar-refractivity contribution in [3.63, 3.8) is 0 Å². The molecule has 1 atom stereocenters. The van der Waals surface area contributed by atoms with Crippen LogP contribution in [0.25, 0.3) is 0 Å². The molecular formula is C19H35IN4O4S. The molecule has 0 aliphatic heterocycles. The van der Waals surface area contributed by atoms with Gasteiger partial charge < -0.3 is 20.1 Å². The Bertz CT molecular complexity index is 729. The van der Waals surface area contributed by atoms with E-state index in [1.807, 2.05) is 45.9 Å². The van der Waals surface area contributed by atoms with Crippen LogP contribution in [0.1, 0.15) is 45.7 Å². The number of sulfonamides is 1. The SMILES string of the molecule is CCNC(=NCCCNS(C)(=O)=O)NC(C)c1ccc(OCC)c(OCC)c1.I. The van der Waals surface area contributed by atoms with Crippen LogP contribution >= 0.6 is 24.0 Å². The van der Waals surface area contributed by atoms with E-state index in [0.29, 0.717) is 38.7 Å². The van der Waals surface area contributed by atoms with Crippen LogP contribution in [0.4, 0.5) is 0 Å². The maximum Gasteiger partial charge on any atom is 0.208 e. The van der Waals surface area contributed by atoms with Crippen molar-refractivity contribution in [2.45, 2.75) is 40.2 Å². The predicted octanol–water partition coefficient (Wildman–Crippen LogP) is 2.66. The Balaban J connectivity index is 0.00000784. The van der Waals surface area contributed by atoms with E-state index in [-0.39, 0.29) is 30.0 Å². The summed E-state index contributed by atoms with van der Waals surface area (Å²) in [5, 5.41) is 6.57. The lowest BCUT2D eigenvalue weighted by atomic mass is 10.1. The van der Waals surface area contributed by atoms with Crippen LogP contribution in [-0.4, -0.2) is 53.5 Å². The molecule has 0 aliphatic rings. The van der Waals surface area contributed by atoms with Gasteiger partial charge in [-0.3, -0.25) is 4.99 Å². The number of hydrogen-bond acceptors (Lipinski definition) is 5. The molecule has 1 aromatic carbocycles. The number of ether oxygens (including phenoxy) is 2. The monoisotopic (exact) mass is 542 g/mol. The minimum Gasteiger partial charge on any atom is -0.490 e. The Labute approximate surface area is 192 Å². The molecule has 29 heavy (non-hydrogen) atoms. The van der Waals surface area contributed by atoms with Crippen molar-refractivity contribution in [1.82, 2.24) is 15.4 Å². The molecule has 0 aliphatic carbocycles. The van der Waals surface area contributed by atoms with Gasteiger partial charge in [-0.15, -0.1) is 24.0 Å². The van der Waals surface area contributed by atoms with Crippen LogP contribution in [-0.2, 0) is 10.0 Å². The van der Waals surface area contributed by atoms with E-state index in [2.05, 4.69) is 20.3 Å². The molecule has 168 valence electrons. The van der Waals surface area contributed by atoms with Crippen LogP contribution in [0.15, 0.2) is 23.2 Å². The first-order valence-electron chi connectivity index (χ1n) is 9.69. The maximum atomic E-state index is 11.1. The van der Waals surface area contributed by atoms with Gasteiger partial charge in [-0.1, -0.05) is 6.07 Å². The number of aliphatic imine (C=N–C) groups is 1. The third-order valence-electron chi connectivity index (χ3n) is 3.73. The normalized spacial score (nSPS) is 12.7. The molecule has 1 rings (SSSR count). The van der Waals surface area contributed by atoms with Crippen LogP contribution < -0.4 is 24.8 Å². The van der Waals surface area contributed by atoms with E-state index in [0.717, 1.165) is 29.9 Å². The number of rotatable bonds is 12. The predicted molar refractivity (Wildman–Crippen MR) is 129 cm³/mol. The molecule has 0 bridgehead atoms. The van der Waals surface area contributed by atoms with Crippen LogP contribution in [0.2, 0.25) is 0 Å². The quantitative estimate of drug-likeness (QED) is 0.163. The Morgan fingerprint density at radius 3 is 2.38 bits per heavy atom. The van der Waals surface area contributed by atoms with Gasteiger partial charge in [-0.25, -0.2) is 13.1 Å². The number of halogens is 1. The second-order valence-electron chi connectivity index (χ2n) is 6.22. The smallest absolute Gasteiger partial charge is 0.208 e. The van der Waals surface area contributed by atoms with Crippen molar-refractivity contribution in [3.8, 4) is 11.5 Å². The molecule has 1 unspecified atom stereocenters. The third-order valence-corrected chi connectivity index (χ3v) is 4.46. The van der Waals surface area contributed by atoms with Crippen molar-refractivity contribution in [1.29, 1.82) is 0 Å². The number of benzene rings is 1. The molecule has 10 heteroatoms. The summed E-state index contributed by atoms with van der Waals surface area (Å²) < 4.78 is 35.9. The number of nitrogens with zero attached hydrogens (tertiary/aromatic N) is 1. The highest BCUT2D eigenvalue weighted by Crippen LogP contribution is 2.30. The van der Waals surface area contributed by atoms with Crippen molar-refractivity contribution >= 4 is 40.0 Å². The van der Waals surface area contributed by atoms with Gasteiger partial charge >= 0.3 is 0 Å². The fourth-order valence-electron chi connectivity index (χ4n) is 2.47. The molecule has 0 spiro atoms. The van der Waals surface area contributed by atoms with Crippen LogP contribution in [0, 0.1) is 0 Å². The Morgan fingerprint density at radius 1 is 1.14 bits per heavy atom. The lowest BCUT2D eigenvalue weighted by molar-refractivity contribution is 0.287. The summed E-state index contributed by atoms with van der Waals surface area (Å²) in [5.41, 5.74) is 1.05. The minimum absolute atomic E-state index is 0. The fourth-order valence-corrected chi connectivity index (χ4v) is 2.99. The zero-order valence-corrected chi connectivity index (χ0v) is 21.1. The van der Waals surface area contributed by atoms with Gasteiger partial charge in [0, 0.05) is 19.6 Å². The van der Waals surface area contributed by atoms with E-state index in [1.165, 1.54) is 0 Å². The Kier molecular flexibility index (Phi) is 14.0. The average molecular weight is 542 g/mol. The van der Waals surface area contributed by atoms with Gasteiger partial charge in [-0.2, -0.15) is 0 Å². The third kappa shape index (κ3) is 11.5. The van der Waals surface area contributed by atoms with E-state index >= 15 is 0 Å². The molecule has 0 radical (unpaired) electrons. The highest BCUT2D eigenvalue weighted by atomic mass is 127. The van der Waals surface area contributed by atoms with Gasteiger partial charge in [0.1, 0.15) is 0 Å². The molecule has 0 heterocycles. The van der Waals surface area contributed by atoms with Gasteiger partial charge in [-0.05, 0) is 51.8 Å². The first-order chi connectivity index (χ1) is 13.3. The second kappa shape index (κ2) is 14.7. The summed E-state index contributed by atoms with van der Waals surface area (Å²) >= 11 is 0. The molecule has 0 fully saturated rings. The van der Waals surface area contributed by atoms with Gasteiger partial charge in [0.25, 0.3) is 0 Å². The maximum absolute atomic E-state index is 11.1. The standard InChI is InChI=1S/C19H34N4O4S.HI/c1-6-20-19(21-12-9-13-22-28(5,24)25)23-15(4)16-10-11-17(26-7-2)18(14-16)27-8-3;/h10-11,14-15,22H,6-9,12-13H2,1-5H3,(H2,20,21,23);1H. The van der Waals surface area contributed by atoms with E-state index < -0.39 is 10.0 Å². The summed E-state index contributed by atoms with van der Waals surface area (Å²) in [5.74, 6) is 2.14. The molecular weight excluding hydrogens is 507 g/mol. The topological polar surface area (TPSA) is 101 Å². The first kappa shape index (κ1) is 27.7. The summed E-state index contributed by atoms with van der Waals surface area (Å²) in [6, 6.07) is 5.90. The van der Waals surface area contributed by atoms with Crippen LogP contribution in [0.3, 0.4) is 0 Å². The number of nitrogens with one attached hydrogen (secondary N) is 3. The van der Waals surface area contributed by atoms with Crippen molar-refractivity contribution in [2.24, 2.45) is 4.99 Å². The first-order valence-corrected chi connectivity index (χ1v) is 11.6. The number of guanidine groups is 1. The molecule has 0 aromatic heterocycles. The summed E-state index contributed by atoms with van der Waals surface area (Å²) in [4.78, 5) is 4.51. The molecule has 0 amide bonds. The highest BCUT2D eigenvalue weighted by molar-refractivity contribution is 14.0. The highest BCUT2D eigenvalue weighted by Gasteiger charge is 2.12. The Morgan fingerprint density at radius 2 is 1.79 bits per heavy atom. The van der Waals surface area contributed by atoms with E-state index in [9.17, 15) is 8.42 Å². The van der Waals surface area contributed by atoms with Gasteiger partial charge in [0.15, 0.2) is 17.5 Å². The zero-order valence-electron chi connectivity index (χ0n) is 17.9. The molecule has 0 saturated heterocycles. The van der Waals surface area contributed by atoms with Crippen molar-refractivity contribution < 1.29 is 17.9 Å². The van der Waals surface area contributed by atoms with Gasteiger partial charge in [0.2, 0.25) is 10.0 Å². The zero-order chi connectivity index (χ0) is 21.0. The Hall–Kier alpha value is -1.27. The lowest BCUT2D eigenvalue weighted by Gasteiger charge is -2.20. The summed E-state index contributed by atoms with van der Waals surface area (Å²) in [6.07, 6.45) is 1.77. The van der Waals surface area contributed by atoms with E-state index in [4.69, 9.17) is 9.47 Å². The van der Waals surface area contributed by atoms with Crippen LogP contribution in [0.5, 0.6) is 11.5 Å². The number of hydrogen-bond donors (Lipinski definition) is 3. The molecule has 0 saturated carbocycles. The largest absolute Gasteiger partial charge is 0.490 e. The second-order valence-corrected chi connectivity index (χ2v) is 8.05. The van der Waals surface area contributed by atoms with Crippen molar-refractivity contribution in [3.05, 3.63) is 23.8 Å². The summed E-state index contributed by atoms with van der Waals surface area (Å²) in [7, 11) is -3.16. The van der Waals surface area contributed by atoms with Gasteiger partial charge in [0.05, 0.1) is 25.5 Å². The molecule has 8 nitrogen and oxygen atoms in total. The summed E-state index contributed by atoms with van der Waals surface area (Å²) in [6.45, 7) is 10.7. The lowest BCUT2D eigenvalue weighted by Crippen LogP contribution is -2.39. The van der Waals surface area contributed by atoms with E-state index in [1.54, 1.807) is 0 Å². The van der Waals surface area contributed by atoms with Crippen molar-refractivity contribution in [2.75, 3.05) is 39.1 Å². The average Bonchev–Trinajstić information content (AvgIpc) is 2.62. The molecule has 3 N–H and O–H groups in total. The minimum atomic E-state index is -3.16. The molecule has 1 aromatic rings.